The Balaban J connectivity index is 1.24. The smallest absolute Gasteiger partial charge is 0.355 e. The molecule has 222 valence electrons. The average Bonchev–Trinajstić information content (AvgIpc) is 3.47. The lowest BCUT2D eigenvalue weighted by molar-refractivity contribution is -0.183. The number of rotatable bonds is 7. The monoisotopic (exact) mass is 584 g/mol. The molecule has 2 saturated carbocycles. The largest absolute Gasteiger partial charge is 0.393 e. The van der Waals surface area contributed by atoms with Crippen LogP contribution in [0.1, 0.15) is 62.4 Å². The molecular formula is C25H29F5N8O3. The topological polar surface area (TPSA) is 135 Å². The lowest BCUT2D eigenvalue weighted by Gasteiger charge is -2.34. The van der Waals surface area contributed by atoms with Crippen molar-refractivity contribution in [2.24, 2.45) is 28.8 Å². The lowest BCUT2D eigenvalue weighted by Crippen LogP contribution is -2.47. The minimum Gasteiger partial charge on any atom is -0.355 e. The SMILES string of the molecule is O=C(NC(c1cn2nc(CC3CC(C(F)(F)F)CNC3=O)cnc2n1)C1CCCC(F)(F)C1)C1=NONC1C1CC1. The van der Waals surface area contributed by atoms with Gasteiger partial charge in [-0.25, -0.2) is 23.3 Å². The zero-order valence-electron chi connectivity index (χ0n) is 21.8. The molecule has 0 aromatic carbocycles. The first-order valence-electron chi connectivity index (χ1n) is 13.7. The summed E-state index contributed by atoms with van der Waals surface area (Å²) in [4.78, 5) is 39.1. The molecule has 3 fully saturated rings. The first kappa shape index (κ1) is 27.7. The molecule has 0 spiro atoms. The van der Waals surface area contributed by atoms with Gasteiger partial charge in [-0.15, -0.1) is 5.48 Å². The first-order chi connectivity index (χ1) is 19.5. The highest BCUT2D eigenvalue weighted by Crippen LogP contribution is 2.42. The van der Waals surface area contributed by atoms with Gasteiger partial charge in [-0.1, -0.05) is 5.16 Å². The van der Waals surface area contributed by atoms with Gasteiger partial charge in [-0.3, -0.25) is 14.5 Å². The molecule has 16 heteroatoms. The zero-order valence-corrected chi connectivity index (χ0v) is 21.8. The summed E-state index contributed by atoms with van der Waals surface area (Å²) in [5.74, 6) is -6.83. The number of carbonyl (C=O) groups excluding carboxylic acids is 2. The van der Waals surface area contributed by atoms with Crippen LogP contribution in [-0.2, 0) is 20.9 Å². The number of aromatic nitrogens is 4. The second kappa shape index (κ2) is 10.4. The molecule has 41 heavy (non-hydrogen) atoms. The molecule has 2 aliphatic heterocycles. The van der Waals surface area contributed by atoms with Crippen LogP contribution in [0.2, 0.25) is 0 Å². The maximum atomic E-state index is 14.4. The normalized spacial score (nSPS) is 29.0. The molecule has 11 nitrogen and oxygen atoms in total. The Labute approximate surface area is 230 Å². The number of amides is 2. The van der Waals surface area contributed by atoms with E-state index in [2.05, 4.69) is 36.3 Å². The molecule has 2 amide bonds. The molecule has 2 aromatic heterocycles. The maximum Gasteiger partial charge on any atom is 0.393 e. The van der Waals surface area contributed by atoms with Crippen LogP contribution in [-0.4, -0.2) is 61.8 Å². The van der Waals surface area contributed by atoms with Gasteiger partial charge < -0.3 is 10.6 Å². The van der Waals surface area contributed by atoms with Crippen molar-refractivity contribution in [1.29, 1.82) is 0 Å². The van der Waals surface area contributed by atoms with E-state index in [4.69, 9.17) is 4.94 Å². The van der Waals surface area contributed by atoms with E-state index in [1.54, 1.807) is 0 Å². The summed E-state index contributed by atoms with van der Waals surface area (Å²) in [6, 6.07) is -1.29. The number of piperidine rings is 1. The van der Waals surface area contributed by atoms with E-state index in [1.165, 1.54) is 16.9 Å². The van der Waals surface area contributed by atoms with Gasteiger partial charge in [0.1, 0.15) is 0 Å². The molecule has 3 N–H and O–H groups in total. The van der Waals surface area contributed by atoms with Crippen molar-refractivity contribution >= 4 is 23.3 Å². The quantitative estimate of drug-likeness (QED) is 0.426. The van der Waals surface area contributed by atoms with Crippen LogP contribution in [0.5, 0.6) is 0 Å². The average molecular weight is 585 g/mol. The molecule has 6 rings (SSSR count). The minimum absolute atomic E-state index is 0.0702. The summed E-state index contributed by atoms with van der Waals surface area (Å²) in [7, 11) is 0. The number of carbonyl (C=O) groups is 2. The fraction of sp³-hybridized carbons (Fsp3) is 0.680. The Morgan fingerprint density at radius 3 is 2.80 bits per heavy atom. The van der Waals surface area contributed by atoms with Crippen LogP contribution in [0.4, 0.5) is 22.0 Å². The zero-order chi connectivity index (χ0) is 28.9. The van der Waals surface area contributed by atoms with Crippen LogP contribution in [0, 0.1) is 23.7 Å². The Bertz CT molecular complexity index is 1360. The van der Waals surface area contributed by atoms with Crippen molar-refractivity contribution < 1.29 is 36.5 Å². The molecule has 2 aliphatic carbocycles. The number of hydrogen-bond acceptors (Lipinski definition) is 8. The Morgan fingerprint density at radius 1 is 1.27 bits per heavy atom. The Hall–Kier alpha value is -3.43. The predicted octanol–water partition coefficient (Wildman–Crippen LogP) is 2.63. The summed E-state index contributed by atoms with van der Waals surface area (Å²) in [5, 5.41) is 13.4. The lowest BCUT2D eigenvalue weighted by atomic mass is 9.80. The van der Waals surface area contributed by atoms with Crippen molar-refractivity contribution in [3.8, 4) is 0 Å². The van der Waals surface area contributed by atoms with Gasteiger partial charge in [-0.05, 0) is 43.9 Å². The van der Waals surface area contributed by atoms with Crippen molar-refractivity contribution in [3.05, 3.63) is 23.8 Å². The van der Waals surface area contributed by atoms with E-state index in [0.717, 1.165) is 12.8 Å². The number of fused-ring (bicyclic) bond motifs is 1. The van der Waals surface area contributed by atoms with E-state index in [0.29, 0.717) is 6.42 Å². The van der Waals surface area contributed by atoms with Gasteiger partial charge in [0.2, 0.25) is 11.8 Å². The van der Waals surface area contributed by atoms with E-state index < -0.39 is 60.7 Å². The third kappa shape index (κ3) is 5.97. The number of hydroxylamine groups is 1. The van der Waals surface area contributed by atoms with Crippen LogP contribution in [0.25, 0.3) is 5.78 Å². The summed E-state index contributed by atoms with van der Waals surface area (Å²) >= 11 is 0. The third-order valence-corrected chi connectivity index (χ3v) is 8.33. The van der Waals surface area contributed by atoms with Crippen molar-refractivity contribution in [3.63, 3.8) is 0 Å². The number of imidazole rings is 1. The number of oxime groups is 1. The molecule has 5 atom stereocenters. The van der Waals surface area contributed by atoms with Crippen LogP contribution < -0.4 is 16.1 Å². The minimum atomic E-state index is -4.43. The highest BCUT2D eigenvalue weighted by atomic mass is 19.4. The Kier molecular flexibility index (Phi) is 7.06. The van der Waals surface area contributed by atoms with E-state index in [-0.39, 0.29) is 60.5 Å². The summed E-state index contributed by atoms with van der Waals surface area (Å²) < 4.78 is 69.9. The second-order valence-electron chi connectivity index (χ2n) is 11.4. The molecule has 5 unspecified atom stereocenters. The van der Waals surface area contributed by atoms with E-state index in [9.17, 15) is 31.5 Å². The molecule has 4 aliphatic rings. The molecule has 0 radical (unpaired) electrons. The number of halogens is 5. The van der Waals surface area contributed by atoms with Gasteiger partial charge in [0.15, 0.2) is 5.71 Å². The summed E-state index contributed by atoms with van der Waals surface area (Å²) in [5.41, 5.74) is 3.39. The molecule has 2 aromatic rings. The van der Waals surface area contributed by atoms with Crippen molar-refractivity contribution in [2.45, 2.75) is 75.5 Å². The van der Waals surface area contributed by atoms with Gasteiger partial charge in [-0.2, -0.15) is 18.3 Å². The molecule has 1 saturated heterocycles. The Morgan fingerprint density at radius 2 is 2.07 bits per heavy atom. The van der Waals surface area contributed by atoms with Gasteiger partial charge >= 0.3 is 6.18 Å². The predicted molar refractivity (Wildman–Crippen MR) is 131 cm³/mol. The first-order valence-corrected chi connectivity index (χ1v) is 13.7. The van der Waals surface area contributed by atoms with Crippen LogP contribution in [0.3, 0.4) is 0 Å². The standard InChI is InChI=1S/C25H29F5N8O3/c26-24(27)5-1-2-13(8-24)18(34-22(40)20-19(12-3-4-12)36-41-37-20)17-11-38-23(33-17)32-10-16(35-38)7-14-6-15(25(28,29)30)9-31-21(14)39/h10-15,18-19,36H,1-9H2,(H,31,39)(H,34,40). The van der Waals surface area contributed by atoms with Crippen molar-refractivity contribution in [2.75, 3.05) is 6.54 Å². The molecular weight excluding hydrogens is 555 g/mol. The summed E-state index contributed by atoms with van der Waals surface area (Å²) in [6.07, 6.45) is -0.209. The fourth-order valence-corrected chi connectivity index (χ4v) is 5.98. The fourth-order valence-electron chi connectivity index (χ4n) is 5.98. The van der Waals surface area contributed by atoms with Gasteiger partial charge in [0.25, 0.3) is 11.7 Å². The van der Waals surface area contributed by atoms with Crippen LogP contribution in [0.15, 0.2) is 17.5 Å². The number of hydrogen-bond donors (Lipinski definition) is 3. The number of nitrogens with zero attached hydrogens (tertiary/aromatic N) is 5. The maximum absolute atomic E-state index is 14.4. The van der Waals surface area contributed by atoms with Gasteiger partial charge in [0.05, 0.1) is 41.8 Å². The number of alkyl halides is 5. The second-order valence-corrected chi connectivity index (χ2v) is 11.4. The van der Waals surface area contributed by atoms with E-state index in [1.807, 2.05) is 0 Å². The highest BCUT2D eigenvalue weighted by Gasteiger charge is 2.46. The summed E-state index contributed by atoms with van der Waals surface area (Å²) in [6.45, 7) is -0.461. The molecule has 4 heterocycles. The number of nitrogens with one attached hydrogen (secondary N) is 3. The highest BCUT2D eigenvalue weighted by molar-refractivity contribution is 6.41. The third-order valence-electron chi connectivity index (χ3n) is 8.33. The van der Waals surface area contributed by atoms with E-state index >= 15 is 0 Å². The van der Waals surface area contributed by atoms with Crippen molar-refractivity contribution in [1.82, 2.24) is 35.7 Å². The van der Waals surface area contributed by atoms with Gasteiger partial charge in [0, 0.05) is 31.7 Å². The van der Waals surface area contributed by atoms with Crippen LogP contribution >= 0.6 is 0 Å². The molecule has 0 bridgehead atoms.